The Morgan fingerprint density at radius 3 is 2.75 bits per heavy atom. The molecule has 0 unspecified atom stereocenters. The van der Waals surface area contributed by atoms with Gasteiger partial charge in [0.2, 0.25) is 0 Å². The van der Waals surface area contributed by atoms with Crippen LogP contribution < -0.4 is 10.6 Å². The number of para-hydroxylation sites is 1. The van der Waals surface area contributed by atoms with Gasteiger partial charge in [-0.2, -0.15) is 0 Å². The topological polar surface area (TPSA) is 46.1 Å². The molecule has 0 fully saturated rings. The van der Waals surface area contributed by atoms with Crippen molar-refractivity contribution in [1.29, 1.82) is 0 Å². The molecule has 0 aliphatic carbocycles. The minimum Gasteiger partial charge on any atom is -0.384 e. The SMILES string of the molecule is CCCNc1ccccc1C(=O)NCc1ccn(C)c1. The summed E-state index contributed by atoms with van der Waals surface area (Å²) in [5, 5.41) is 6.23. The Hall–Kier alpha value is -2.23. The maximum atomic E-state index is 12.3. The number of hydrogen-bond donors (Lipinski definition) is 2. The summed E-state index contributed by atoms with van der Waals surface area (Å²) in [7, 11) is 1.97. The molecule has 0 aliphatic heterocycles. The standard InChI is InChI=1S/C16H21N3O/c1-3-9-17-15-7-5-4-6-14(15)16(20)18-11-13-8-10-19(2)12-13/h4-8,10,12,17H,3,9,11H2,1-2H3,(H,18,20). The van der Waals surface area contributed by atoms with E-state index in [-0.39, 0.29) is 5.91 Å². The van der Waals surface area contributed by atoms with Gasteiger partial charge in [-0.15, -0.1) is 0 Å². The van der Waals surface area contributed by atoms with Gasteiger partial charge in [-0.1, -0.05) is 19.1 Å². The van der Waals surface area contributed by atoms with Crippen LogP contribution in [0.3, 0.4) is 0 Å². The van der Waals surface area contributed by atoms with Crippen LogP contribution in [-0.4, -0.2) is 17.0 Å². The summed E-state index contributed by atoms with van der Waals surface area (Å²) < 4.78 is 1.97. The van der Waals surface area contributed by atoms with Gasteiger partial charge in [0.1, 0.15) is 0 Å². The van der Waals surface area contributed by atoms with E-state index in [1.54, 1.807) is 0 Å². The van der Waals surface area contributed by atoms with Crippen LogP contribution in [0.25, 0.3) is 0 Å². The van der Waals surface area contributed by atoms with E-state index in [2.05, 4.69) is 17.6 Å². The first-order valence-corrected chi connectivity index (χ1v) is 6.92. The fraction of sp³-hybridized carbons (Fsp3) is 0.312. The van der Waals surface area contributed by atoms with Crippen molar-refractivity contribution in [2.75, 3.05) is 11.9 Å². The number of nitrogens with zero attached hydrogens (tertiary/aromatic N) is 1. The molecule has 4 nitrogen and oxygen atoms in total. The number of rotatable bonds is 6. The van der Waals surface area contributed by atoms with E-state index >= 15 is 0 Å². The molecule has 2 N–H and O–H groups in total. The van der Waals surface area contributed by atoms with E-state index in [9.17, 15) is 4.79 Å². The Kier molecular flexibility index (Phi) is 4.82. The molecule has 1 aromatic carbocycles. The molecule has 0 saturated carbocycles. The first kappa shape index (κ1) is 14.2. The fourth-order valence-corrected chi connectivity index (χ4v) is 2.04. The zero-order valence-corrected chi connectivity index (χ0v) is 12.0. The summed E-state index contributed by atoms with van der Waals surface area (Å²) in [5.74, 6) is -0.0481. The van der Waals surface area contributed by atoms with E-state index in [0.29, 0.717) is 12.1 Å². The fourth-order valence-electron chi connectivity index (χ4n) is 2.04. The highest BCUT2D eigenvalue weighted by Crippen LogP contribution is 2.15. The highest BCUT2D eigenvalue weighted by atomic mass is 16.1. The van der Waals surface area contributed by atoms with E-state index < -0.39 is 0 Å². The Morgan fingerprint density at radius 2 is 2.05 bits per heavy atom. The van der Waals surface area contributed by atoms with Crippen LogP contribution in [0.1, 0.15) is 29.3 Å². The van der Waals surface area contributed by atoms with E-state index in [1.165, 1.54) is 0 Å². The van der Waals surface area contributed by atoms with Crippen LogP contribution in [0, 0.1) is 0 Å². The molecule has 106 valence electrons. The van der Waals surface area contributed by atoms with Crippen molar-refractivity contribution in [3.05, 3.63) is 53.9 Å². The van der Waals surface area contributed by atoms with Crippen molar-refractivity contribution in [2.45, 2.75) is 19.9 Å². The van der Waals surface area contributed by atoms with Crippen molar-refractivity contribution < 1.29 is 4.79 Å². The van der Waals surface area contributed by atoms with Crippen LogP contribution in [0.5, 0.6) is 0 Å². The molecular formula is C16H21N3O. The summed E-state index contributed by atoms with van der Waals surface area (Å²) in [6.07, 6.45) is 5.00. The summed E-state index contributed by atoms with van der Waals surface area (Å²) in [4.78, 5) is 12.3. The van der Waals surface area contributed by atoms with Gasteiger partial charge in [0.25, 0.3) is 5.91 Å². The largest absolute Gasteiger partial charge is 0.384 e. The molecule has 0 atom stereocenters. The quantitative estimate of drug-likeness (QED) is 0.848. The van der Waals surface area contributed by atoms with E-state index in [0.717, 1.165) is 24.2 Å². The Balaban J connectivity index is 2.01. The van der Waals surface area contributed by atoms with E-state index in [4.69, 9.17) is 0 Å². The Morgan fingerprint density at radius 1 is 1.25 bits per heavy atom. The molecule has 2 rings (SSSR count). The summed E-state index contributed by atoms with van der Waals surface area (Å²) >= 11 is 0. The molecule has 1 aromatic heterocycles. The van der Waals surface area contributed by atoms with Crippen LogP contribution in [0.15, 0.2) is 42.7 Å². The number of aromatic nitrogens is 1. The van der Waals surface area contributed by atoms with Crippen molar-refractivity contribution in [3.63, 3.8) is 0 Å². The average molecular weight is 271 g/mol. The van der Waals surface area contributed by atoms with Crippen molar-refractivity contribution >= 4 is 11.6 Å². The third-order valence-corrected chi connectivity index (χ3v) is 3.08. The monoisotopic (exact) mass is 271 g/mol. The van der Waals surface area contributed by atoms with Crippen LogP contribution >= 0.6 is 0 Å². The maximum Gasteiger partial charge on any atom is 0.253 e. The second kappa shape index (κ2) is 6.80. The molecule has 1 amide bonds. The number of anilines is 1. The molecular weight excluding hydrogens is 250 g/mol. The minimum absolute atomic E-state index is 0.0481. The average Bonchev–Trinajstić information content (AvgIpc) is 2.88. The molecule has 0 bridgehead atoms. The predicted molar refractivity (Wildman–Crippen MR) is 81.8 cm³/mol. The number of amides is 1. The van der Waals surface area contributed by atoms with Crippen molar-refractivity contribution in [3.8, 4) is 0 Å². The second-order valence-electron chi connectivity index (χ2n) is 4.84. The van der Waals surface area contributed by atoms with Gasteiger partial charge in [0.15, 0.2) is 0 Å². The van der Waals surface area contributed by atoms with Crippen LogP contribution in [0.4, 0.5) is 5.69 Å². The molecule has 0 spiro atoms. The minimum atomic E-state index is -0.0481. The molecule has 0 aliphatic rings. The van der Waals surface area contributed by atoms with Gasteiger partial charge in [-0.3, -0.25) is 4.79 Å². The highest BCUT2D eigenvalue weighted by molar-refractivity contribution is 5.99. The third kappa shape index (κ3) is 3.63. The van der Waals surface area contributed by atoms with Gasteiger partial charge in [0.05, 0.1) is 5.56 Å². The number of nitrogens with one attached hydrogen (secondary N) is 2. The second-order valence-corrected chi connectivity index (χ2v) is 4.84. The highest BCUT2D eigenvalue weighted by Gasteiger charge is 2.10. The normalized spacial score (nSPS) is 10.3. The smallest absolute Gasteiger partial charge is 0.253 e. The van der Waals surface area contributed by atoms with Gasteiger partial charge in [-0.25, -0.2) is 0 Å². The van der Waals surface area contributed by atoms with Gasteiger partial charge < -0.3 is 15.2 Å². The summed E-state index contributed by atoms with van der Waals surface area (Å²) in [6.45, 7) is 3.51. The lowest BCUT2D eigenvalue weighted by molar-refractivity contribution is 0.0951. The molecule has 0 radical (unpaired) electrons. The first-order chi connectivity index (χ1) is 9.70. The maximum absolute atomic E-state index is 12.3. The number of benzene rings is 1. The number of hydrogen-bond acceptors (Lipinski definition) is 2. The molecule has 0 saturated heterocycles. The van der Waals surface area contributed by atoms with Crippen molar-refractivity contribution in [2.24, 2.45) is 7.05 Å². The summed E-state index contributed by atoms with van der Waals surface area (Å²) in [6, 6.07) is 9.60. The lowest BCUT2D eigenvalue weighted by Crippen LogP contribution is -2.23. The lowest BCUT2D eigenvalue weighted by Gasteiger charge is -2.11. The number of aryl methyl sites for hydroxylation is 1. The first-order valence-electron chi connectivity index (χ1n) is 6.92. The van der Waals surface area contributed by atoms with Gasteiger partial charge in [0, 0.05) is 38.2 Å². The van der Waals surface area contributed by atoms with Crippen LogP contribution in [0.2, 0.25) is 0 Å². The zero-order valence-electron chi connectivity index (χ0n) is 12.0. The van der Waals surface area contributed by atoms with Crippen LogP contribution in [-0.2, 0) is 13.6 Å². The Bertz CT molecular complexity index is 575. The van der Waals surface area contributed by atoms with Crippen molar-refractivity contribution in [1.82, 2.24) is 9.88 Å². The number of carbonyl (C=O) groups is 1. The molecule has 4 heteroatoms. The Labute approximate surface area is 119 Å². The van der Waals surface area contributed by atoms with E-state index in [1.807, 2.05) is 54.3 Å². The molecule has 20 heavy (non-hydrogen) atoms. The number of carbonyl (C=O) groups excluding carboxylic acids is 1. The van der Waals surface area contributed by atoms with Gasteiger partial charge >= 0.3 is 0 Å². The predicted octanol–water partition coefficient (Wildman–Crippen LogP) is 2.78. The third-order valence-electron chi connectivity index (χ3n) is 3.08. The van der Waals surface area contributed by atoms with Gasteiger partial charge in [-0.05, 0) is 30.2 Å². The lowest BCUT2D eigenvalue weighted by atomic mass is 10.1. The molecule has 2 aromatic rings. The zero-order chi connectivity index (χ0) is 14.4. The molecule has 1 heterocycles. The summed E-state index contributed by atoms with van der Waals surface area (Å²) in [5.41, 5.74) is 2.68.